The highest BCUT2D eigenvalue weighted by Crippen LogP contribution is 2.46. The summed E-state index contributed by atoms with van der Waals surface area (Å²) in [7, 11) is 0. The summed E-state index contributed by atoms with van der Waals surface area (Å²) in [5.41, 5.74) is 7.87. The van der Waals surface area contributed by atoms with Crippen LogP contribution in [0.4, 0.5) is 0 Å². The smallest absolute Gasteiger partial charge is 0.254 e. The third kappa shape index (κ3) is 1.51. The zero-order valence-electron chi connectivity index (χ0n) is 10.6. The lowest BCUT2D eigenvalue weighted by Gasteiger charge is -2.16. The predicted octanol–water partition coefficient (Wildman–Crippen LogP) is 2.01. The van der Waals surface area contributed by atoms with Crippen LogP contribution < -0.4 is 11.3 Å². The number of fused-ring (bicyclic) bond motifs is 1. The van der Waals surface area contributed by atoms with Crippen molar-refractivity contribution in [1.82, 2.24) is 4.57 Å². The molecule has 1 fully saturated rings. The Morgan fingerprint density at radius 2 is 2.06 bits per heavy atom. The molecule has 3 nitrogen and oxygen atoms in total. The van der Waals surface area contributed by atoms with E-state index < -0.39 is 0 Å². The number of aromatic nitrogens is 1. The Labute approximate surface area is 106 Å². The highest BCUT2D eigenvalue weighted by Gasteiger charge is 2.45. The summed E-state index contributed by atoms with van der Waals surface area (Å²) in [4.78, 5) is 12.6. The quantitative estimate of drug-likeness (QED) is 0.895. The molecule has 0 spiro atoms. The maximum Gasteiger partial charge on any atom is 0.254 e. The number of nitrogens with two attached hydrogens (primary N) is 1. The van der Waals surface area contributed by atoms with Gasteiger partial charge >= 0.3 is 0 Å². The molecule has 0 unspecified atom stereocenters. The molecule has 0 bridgehead atoms. The molecule has 0 saturated heterocycles. The largest absolute Gasteiger partial charge is 0.330 e. The van der Waals surface area contributed by atoms with Gasteiger partial charge in [0.25, 0.3) is 5.56 Å². The Hall–Kier alpha value is -1.61. The predicted molar refractivity (Wildman–Crippen MR) is 73.8 cm³/mol. The number of rotatable bonds is 3. The van der Waals surface area contributed by atoms with Crippen molar-refractivity contribution in [2.24, 2.45) is 5.73 Å². The van der Waals surface area contributed by atoms with E-state index in [1.54, 1.807) is 0 Å². The molecule has 0 amide bonds. The second-order valence-electron chi connectivity index (χ2n) is 5.15. The first-order chi connectivity index (χ1) is 8.72. The molecule has 0 atom stereocenters. The van der Waals surface area contributed by atoms with Crippen molar-refractivity contribution in [3.8, 4) is 0 Å². The monoisotopic (exact) mass is 242 g/mol. The minimum absolute atomic E-state index is 0.0436. The topological polar surface area (TPSA) is 48.0 Å². The van der Waals surface area contributed by atoms with Crippen molar-refractivity contribution < 1.29 is 0 Å². The summed E-state index contributed by atoms with van der Waals surface area (Å²) in [5, 5.41) is 1.13. The van der Waals surface area contributed by atoms with Crippen LogP contribution >= 0.6 is 0 Å². The molecule has 2 aromatic rings. The number of hydrogen-bond acceptors (Lipinski definition) is 2. The van der Waals surface area contributed by atoms with Gasteiger partial charge in [0.2, 0.25) is 0 Å². The Kier molecular flexibility index (Phi) is 2.52. The van der Waals surface area contributed by atoms with Crippen LogP contribution in [0.1, 0.15) is 25.3 Å². The lowest BCUT2D eigenvalue weighted by Crippen LogP contribution is -2.32. The molecule has 1 aromatic heterocycles. The van der Waals surface area contributed by atoms with Gasteiger partial charge in [-0.1, -0.05) is 18.2 Å². The summed E-state index contributed by atoms with van der Waals surface area (Å²) < 4.78 is 1.86. The van der Waals surface area contributed by atoms with Crippen molar-refractivity contribution in [3.05, 3.63) is 46.2 Å². The minimum Gasteiger partial charge on any atom is -0.330 e. The number of hydrogen-bond donors (Lipinski definition) is 1. The fraction of sp³-hybridized carbons (Fsp3) is 0.400. The van der Waals surface area contributed by atoms with Crippen molar-refractivity contribution in [1.29, 1.82) is 0 Å². The van der Waals surface area contributed by atoms with E-state index in [0.29, 0.717) is 13.1 Å². The van der Waals surface area contributed by atoms with Gasteiger partial charge in [-0.2, -0.15) is 0 Å². The fourth-order valence-electron chi connectivity index (χ4n) is 2.76. The molecule has 94 valence electrons. The van der Waals surface area contributed by atoms with Crippen molar-refractivity contribution in [2.45, 2.75) is 31.7 Å². The minimum atomic E-state index is -0.0436. The first-order valence-electron chi connectivity index (χ1n) is 6.55. The van der Waals surface area contributed by atoms with Crippen molar-refractivity contribution >= 4 is 10.9 Å². The van der Waals surface area contributed by atoms with Gasteiger partial charge in [0.15, 0.2) is 0 Å². The van der Waals surface area contributed by atoms with Crippen LogP contribution in [-0.4, -0.2) is 11.1 Å². The van der Waals surface area contributed by atoms with Crippen molar-refractivity contribution in [2.75, 3.05) is 6.54 Å². The molecule has 0 radical (unpaired) electrons. The van der Waals surface area contributed by atoms with Gasteiger partial charge in [0, 0.05) is 24.1 Å². The van der Waals surface area contributed by atoms with E-state index in [1.165, 1.54) is 0 Å². The first-order valence-corrected chi connectivity index (χ1v) is 6.55. The van der Waals surface area contributed by atoms with Crippen LogP contribution in [0.15, 0.2) is 35.1 Å². The summed E-state index contributed by atoms with van der Waals surface area (Å²) in [6, 6.07) is 10.1. The molecule has 1 aliphatic rings. The van der Waals surface area contributed by atoms with Gasteiger partial charge in [0.05, 0.1) is 5.52 Å². The normalized spacial score (nSPS) is 17.0. The third-order valence-electron chi connectivity index (χ3n) is 4.13. The molecule has 1 saturated carbocycles. The molecule has 18 heavy (non-hydrogen) atoms. The Morgan fingerprint density at radius 3 is 2.67 bits per heavy atom. The number of para-hydroxylation sites is 1. The van der Waals surface area contributed by atoms with Gasteiger partial charge in [-0.15, -0.1) is 0 Å². The Balaban J connectivity index is 2.34. The maximum absolute atomic E-state index is 12.6. The molecular formula is C15H18N2O. The fourth-order valence-corrected chi connectivity index (χ4v) is 2.76. The lowest BCUT2D eigenvalue weighted by atomic mass is 9.96. The van der Waals surface area contributed by atoms with E-state index >= 15 is 0 Å². The second kappa shape index (κ2) is 3.95. The number of benzene rings is 1. The summed E-state index contributed by atoms with van der Waals surface area (Å²) in [5.74, 6) is 0. The van der Waals surface area contributed by atoms with Gasteiger partial charge in [-0.05, 0) is 37.3 Å². The molecule has 0 aliphatic heterocycles. The number of nitrogens with zero attached hydrogens (tertiary/aromatic N) is 1. The van der Waals surface area contributed by atoms with Gasteiger partial charge in [0.1, 0.15) is 0 Å². The van der Waals surface area contributed by atoms with Crippen LogP contribution in [-0.2, 0) is 12.0 Å². The van der Waals surface area contributed by atoms with Crippen LogP contribution in [0.25, 0.3) is 10.9 Å². The molecule has 1 heterocycles. The number of aryl methyl sites for hydroxylation is 1. The third-order valence-corrected chi connectivity index (χ3v) is 4.13. The standard InChI is InChI=1S/C15H18N2O/c1-2-17-13-6-4-3-5-11(13)9-12(14(17)18)15(10-16)7-8-15/h3-6,9H,2,7-8,10,16H2,1H3. The van der Waals surface area contributed by atoms with E-state index in [2.05, 4.69) is 6.07 Å². The van der Waals surface area contributed by atoms with Crippen molar-refractivity contribution in [3.63, 3.8) is 0 Å². The summed E-state index contributed by atoms with van der Waals surface area (Å²) >= 11 is 0. The van der Waals surface area contributed by atoms with Crippen LogP contribution in [0.5, 0.6) is 0 Å². The SMILES string of the molecule is CCn1c(=O)c(C2(CN)CC2)cc2ccccc21. The van der Waals surface area contributed by atoms with E-state index in [4.69, 9.17) is 5.73 Å². The van der Waals surface area contributed by atoms with Crippen LogP contribution in [0.3, 0.4) is 0 Å². The van der Waals surface area contributed by atoms with E-state index in [0.717, 1.165) is 29.3 Å². The van der Waals surface area contributed by atoms with Gasteiger partial charge < -0.3 is 10.3 Å². The van der Waals surface area contributed by atoms with E-state index in [1.807, 2.05) is 35.8 Å². The van der Waals surface area contributed by atoms with E-state index in [9.17, 15) is 4.79 Å². The Morgan fingerprint density at radius 1 is 1.33 bits per heavy atom. The molecule has 3 heteroatoms. The summed E-state index contributed by atoms with van der Waals surface area (Å²) in [6.45, 7) is 3.29. The molecular weight excluding hydrogens is 224 g/mol. The lowest BCUT2D eigenvalue weighted by molar-refractivity contribution is 0.665. The molecule has 3 rings (SSSR count). The van der Waals surface area contributed by atoms with E-state index in [-0.39, 0.29) is 11.0 Å². The Bertz CT molecular complexity index is 653. The molecule has 1 aromatic carbocycles. The first kappa shape index (κ1) is 11.5. The second-order valence-corrected chi connectivity index (χ2v) is 5.15. The zero-order chi connectivity index (χ0) is 12.8. The average molecular weight is 242 g/mol. The maximum atomic E-state index is 12.6. The zero-order valence-corrected chi connectivity index (χ0v) is 10.6. The highest BCUT2D eigenvalue weighted by molar-refractivity contribution is 5.80. The number of pyridine rings is 1. The van der Waals surface area contributed by atoms with Gasteiger partial charge in [-0.25, -0.2) is 0 Å². The molecule has 1 aliphatic carbocycles. The molecule has 2 N–H and O–H groups in total. The summed E-state index contributed by atoms with van der Waals surface area (Å²) in [6.07, 6.45) is 2.08. The van der Waals surface area contributed by atoms with Gasteiger partial charge in [-0.3, -0.25) is 4.79 Å². The average Bonchev–Trinajstić information content (AvgIpc) is 3.19. The highest BCUT2D eigenvalue weighted by atomic mass is 16.1. The van der Waals surface area contributed by atoms with Crippen LogP contribution in [0, 0.1) is 0 Å². The van der Waals surface area contributed by atoms with Crippen LogP contribution in [0.2, 0.25) is 0 Å².